The van der Waals surface area contributed by atoms with Crippen molar-refractivity contribution >= 4 is 38.9 Å². The molecule has 0 unspecified atom stereocenters. The molecule has 0 aliphatic carbocycles. The summed E-state index contributed by atoms with van der Waals surface area (Å²) in [7, 11) is -1.93. The van der Waals surface area contributed by atoms with Crippen LogP contribution in [0.1, 0.15) is 32.3 Å². The minimum Gasteiger partial charge on any atom is -0.376 e. The molecule has 0 bridgehead atoms. The molecule has 0 saturated carbocycles. The van der Waals surface area contributed by atoms with Crippen molar-refractivity contribution in [3.63, 3.8) is 0 Å². The predicted octanol–water partition coefficient (Wildman–Crippen LogP) is 3.07. The van der Waals surface area contributed by atoms with Gasteiger partial charge in [-0.25, -0.2) is 12.7 Å². The van der Waals surface area contributed by atoms with Crippen molar-refractivity contribution in [1.29, 1.82) is 0 Å². The lowest BCUT2D eigenvalue weighted by molar-refractivity contribution is -0.116. The topological polar surface area (TPSA) is 98.8 Å². The van der Waals surface area contributed by atoms with Gasteiger partial charge in [0.2, 0.25) is 21.8 Å². The summed E-state index contributed by atoms with van der Waals surface area (Å²) >= 11 is 0. The fraction of sp³-hybridized carbons (Fsp3) is 0.391. The molecule has 0 spiro atoms. The Labute approximate surface area is 189 Å². The van der Waals surface area contributed by atoms with Crippen molar-refractivity contribution in [3.8, 4) is 0 Å². The highest BCUT2D eigenvalue weighted by molar-refractivity contribution is 7.89. The molecule has 3 rings (SSSR count). The van der Waals surface area contributed by atoms with Crippen molar-refractivity contribution in [1.82, 2.24) is 4.31 Å². The maximum Gasteiger partial charge on any atom is 0.243 e. The summed E-state index contributed by atoms with van der Waals surface area (Å²) in [6.07, 6.45) is 2.50. The largest absolute Gasteiger partial charge is 0.376 e. The molecule has 1 heterocycles. The molecule has 0 atom stereocenters. The SMILES string of the molecule is CCCCN(C)S(=O)(=O)c1ccc(NCC(=O)Nc2ccc3c(c2)CCN3C(C)=O)cc1. The van der Waals surface area contributed by atoms with Crippen molar-refractivity contribution in [3.05, 3.63) is 48.0 Å². The number of fused-ring (bicyclic) bond motifs is 1. The van der Waals surface area contributed by atoms with E-state index in [9.17, 15) is 18.0 Å². The Balaban J connectivity index is 1.55. The summed E-state index contributed by atoms with van der Waals surface area (Å²) in [5.74, 6) is -0.210. The van der Waals surface area contributed by atoms with E-state index in [2.05, 4.69) is 10.6 Å². The number of hydrogen-bond acceptors (Lipinski definition) is 5. The number of unbranched alkanes of at least 4 members (excludes halogenated alkanes) is 1. The zero-order chi connectivity index (χ0) is 23.3. The van der Waals surface area contributed by atoms with E-state index in [1.54, 1.807) is 49.2 Å². The number of benzene rings is 2. The van der Waals surface area contributed by atoms with E-state index in [-0.39, 0.29) is 23.3 Å². The highest BCUT2D eigenvalue weighted by Gasteiger charge is 2.22. The summed E-state index contributed by atoms with van der Waals surface area (Å²) in [6.45, 7) is 4.74. The van der Waals surface area contributed by atoms with E-state index in [4.69, 9.17) is 0 Å². The molecule has 0 radical (unpaired) electrons. The Morgan fingerprint density at radius 3 is 2.44 bits per heavy atom. The van der Waals surface area contributed by atoms with Crippen LogP contribution in [0.5, 0.6) is 0 Å². The van der Waals surface area contributed by atoms with E-state index in [1.807, 2.05) is 19.1 Å². The van der Waals surface area contributed by atoms with Crippen LogP contribution in [-0.4, -0.2) is 51.2 Å². The van der Waals surface area contributed by atoms with Crippen LogP contribution in [0.25, 0.3) is 0 Å². The number of carbonyl (C=O) groups excluding carboxylic acids is 2. The van der Waals surface area contributed by atoms with E-state index >= 15 is 0 Å². The molecule has 32 heavy (non-hydrogen) atoms. The molecule has 2 N–H and O–H groups in total. The van der Waals surface area contributed by atoms with E-state index in [0.29, 0.717) is 24.5 Å². The minimum absolute atomic E-state index is 0.0103. The fourth-order valence-corrected chi connectivity index (χ4v) is 4.83. The van der Waals surface area contributed by atoms with Gasteiger partial charge in [0.15, 0.2) is 0 Å². The van der Waals surface area contributed by atoms with Gasteiger partial charge >= 0.3 is 0 Å². The monoisotopic (exact) mass is 458 g/mol. The van der Waals surface area contributed by atoms with Crippen LogP contribution >= 0.6 is 0 Å². The van der Waals surface area contributed by atoms with Gasteiger partial charge in [-0.1, -0.05) is 13.3 Å². The summed E-state index contributed by atoms with van der Waals surface area (Å²) in [6, 6.07) is 11.9. The van der Waals surface area contributed by atoms with Gasteiger partial charge in [-0.2, -0.15) is 0 Å². The van der Waals surface area contributed by atoms with Crippen LogP contribution in [0.4, 0.5) is 17.1 Å². The molecule has 2 amide bonds. The number of sulfonamides is 1. The molecule has 1 aliphatic heterocycles. The summed E-state index contributed by atoms with van der Waals surface area (Å²) in [5.41, 5.74) is 3.26. The zero-order valence-corrected chi connectivity index (χ0v) is 19.5. The molecule has 1 aliphatic rings. The molecule has 2 aromatic rings. The first-order valence-electron chi connectivity index (χ1n) is 10.7. The second-order valence-electron chi connectivity index (χ2n) is 7.87. The van der Waals surface area contributed by atoms with Crippen LogP contribution in [0.3, 0.4) is 0 Å². The molecular weight excluding hydrogens is 428 g/mol. The molecule has 0 aromatic heterocycles. The lowest BCUT2D eigenvalue weighted by Gasteiger charge is -2.17. The van der Waals surface area contributed by atoms with Crippen molar-refractivity contribution in [2.24, 2.45) is 0 Å². The lowest BCUT2D eigenvalue weighted by Crippen LogP contribution is -2.28. The van der Waals surface area contributed by atoms with Gasteiger partial charge < -0.3 is 15.5 Å². The summed E-state index contributed by atoms with van der Waals surface area (Å²) in [4.78, 5) is 25.9. The van der Waals surface area contributed by atoms with Crippen molar-refractivity contribution in [2.45, 2.75) is 38.0 Å². The van der Waals surface area contributed by atoms with Gasteiger partial charge in [0.25, 0.3) is 0 Å². The smallest absolute Gasteiger partial charge is 0.243 e. The quantitative estimate of drug-likeness (QED) is 0.602. The first-order valence-corrected chi connectivity index (χ1v) is 12.2. The number of carbonyl (C=O) groups is 2. The molecule has 0 fully saturated rings. The third kappa shape index (κ3) is 5.46. The average molecular weight is 459 g/mol. The number of nitrogens with one attached hydrogen (secondary N) is 2. The van der Waals surface area contributed by atoms with Crippen LogP contribution in [-0.2, 0) is 26.0 Å². The highest BCUT2D eigenvalue weighted by atomic mass is 32.2. The molecule has 172 valence electrons. The Morgan fingerprint density at radius 2 is 1.78 bits per heavy atom. The van der Waals surface area contributed by atoms with E-state index in [1.165, 1.54) is 4.31 Å². The van der Waals surface area contributed by atoms with Gasteiger partial charge in [0, 0.05) is 44.1 Å². The number of anilines is 3. The number of hydrogen-bond donors (Lipinski definition) is 2. The normalized spacial score (nSPS) is 13.2. The number of rotatable bonds is 9. The van der Waals surface area contributed by atoms with Gasteiger partial charge in [0.05, 0.1) is 11.4 Å². The maximum atomic E-state index is 12.6. The molecule has 8 nitrogen and oxygen atoms in total. The van der Waals surface area contributed by atoms with Crippen LogP contribution < -0.4 is 15.5 Å². The second-order valence-corrected chi connectivity index (χ2v) is 9.92. The highest BCUT2D eigenvalue weighted by Crippen LogP contribution is 2.30. The lowest BCUT2D eigenvalue weighted by atomic mass is 10.1. The Kier molecular flexibility index (Phi) is 7.52. The predicted molar refractivity (Wildman–Crippen MR) is 126 cm³/mol. The van der Waals surface area contributed by atoms with Gasteiger partial charge in [0.1, 0.15) is 0 Å². The van der Waals surface area contributed by atoms with Crippen molar-refractivity contribution < 1.29 is 18.0 Å². The van der Waals surface area contributed by atoms with Gasteiger partial charge in [-0.15, -0.1) is 0 Å². The van der Waals surface area contributed by atoms with Gasteiger partial charge in [-0.3, -0.25) is 9.59 Å². The number of amides is 2. The molecule has 2 aromatic carbocycles. The van der Waals surface area contributed by atoms with E-state index in [0.717, 1.165) is 30.5 Å². The van der Waals surface area contributed by atoms with Crippen LogP contribution in [0, 0.1) is 0 Å². The second kappa shape index (κ2) is 10.1. The standard InChI is InChI=1S/C23H30N4O4S/c1-4-5-13-26(3)32(30,31)21-9-6-19(7-10-21)24-16-23(29)25-20-8-11-22-18(15-20)12-14-27(22)17(2)28/h6-11,15,24H,4-5,12-14,16H2,1-3H3,(H,25,29). The van der Waals surface area contributed by atoms with Crippen LogP contribution in [0.2, 0.25) is 0 Å². The minimum atomic E-state index is -3.51. The third-order valence-corrected chi connectivity index (χ3v) is 7.35. The average Bonchev–Trinajstić information content (AvgIpc) is 3.20. The van der Waals surface area contributed by atoms with Gasteiger partial charge in [-0.05, 0) is 60.9 Å². The first kappa shape index (κ1) is 23.7. The fourth-order valence-electron chi connectivity index (χ4n) is 3.62. The van der Waals surface area contributed by atoms with Crippen molar-refractivity contribution in [2.75, 3.05) is 42.2 Å². The Hall–Kier alpha value is -2.91. The summed E-state index contributed by atoms with van der Waals surface area (Å²) in [5, 5.41) is 5.86. The van der Waals surface area contributed by atoms with E-state index < -0.39 is 10.0 Å². The first-order chi connectivity index (χ1) is 15.2. The molecular formula is C23H30N4O4S. The van der Waals surface area contributed by atoms with Crippen LogP contribution in [0.15, 0.2) is 47.4 Å². The summed E-state index contributed by atoms with van der Waals surface area (Å²) < 4.78 is 26.5. The maximum absolute atomic E-state index is 12.6. The Morgan fingerprint density at radius 1 is 1.09 bits per heavy atom. The molecule has 9 heteroatoms. The third-order valence-electron chi connectivity index (χ3n) is 5.48. The Bertz CT molecular complexity index is 1080. The number of nitrogens with zero attached hydrogens (tertiary/aromatic N) is 2. The zero-order valence-electron chi connectivity index (χ0n) is 18.7. The molecule has 0 saturated heterocycles.